The van der Waals surface area contributed by atoms with Gasteiger partial charge in [-0.2, -0.15) is 13.5 Å². The smallest absolute Gasteiger partial charge is 0.115 e. The predicted octanol–water partition coefficient (Wildman–Crippen LogP) is 3.51. The van der Waals surface area contributed by atoms with Gasteiger partial charge in [-0.1, -0.05) is 35.4 Å². The van der Waals surface area contributed by atoms with Gasteiger partial charge in [0.15, 0.2) is 0 Å². The monoisotopic (exact) mass is 250 g/mol. The van der Waals surface area contributed by atoms with E-state index >= 15 is 0 Å². The number of hydrogen-bond acceptors (Lipinski definition) is 2. The molecule has 3 heteroatoms. The Morgan fingerprint density at radius 2 is 0.824 bits per heavy atom. The van der Waals surface area contributed by atoms with Crippen molar-refractivity contribution in [2.45, 2.75) is 13.8 Å². The van der Waals surface area contributed by atoms with E-state index in [1.165, 1.54) is 11.1 Å². The number of benzene rings is 2. The molecule has 0 fully saturated rings. The fourth-order valence-electron chi connectivity index (χ4n) is 1.09. The zero-order valence-corrected chi connectivity index (χ0v) is 11.0. The van der Waals surface area contributed by atoms with Crippen molar-refractivity contribution in [1.29, 1.82) is 0 Å². The van der Waals surface area contributed by atoms with Crippen LogP contribution in [0.4, 0.5) is 0 Å². The van der Waals surface area contributed by atoms with Crippen LogP contribution in [0.2, 0.25) is 0 Å². The summed E-state index contributed by atoms with van der Waals surface area (Å²) in [5.74, 6) is 0.659. The molecule has 0 heterocycles. The molecular formula is C14H18O2S. The first-order chi connectivity index (χ1) is 7.58. The van der Waals surface area contributed by atoms with Gasteiger partial charge >= 0.3 is 0 Å². The molecule has 0 aliphatic rings. The number of phenols is 2. The first kappa shape index (κ1) is 15.4. The van der Waals surface area contributed by atoms with Crippen molar-refractivity contribution in [2.75, 3.05) is 0 Å². The normalized spacial score (nSPS) is 8.59. The van der Waals surface area contributed by atoms with Crippen LogP contribution in [-0.4, -0.2) is 10.2 Å². The van der Waals surface area contributed by atoms with Gasteiger partial charge in [-0.15, -0.1) is 0 Å². The van der Waals surface area contributed by atoms with Crippen LogP contribution in [0.3, 0.4) is 0 Å². The Hall–Kier alpha value is -1.61. The molecule has 0 unspecified atom stereocenters. The minimum Gasteiger partial charge on any atom is -0.508 e. The quantitative estimate of drug-likeness (QED) is 0.751. The second kappa shape index (κ2) is 7.63. The van der Waals surface area contributed by atoms with E-state index in [2.05, 4.69) is 0 Å². The number of aromatic hydroxyl groups is 2. The van der Waals surface area contributed by atoms with Crippen LogP contribution in [0, 0.1) is 13.8 Å². The summed E-state index contributed by atoms with van der Waals surface area (Å²) in [5.41, 5.74) is 2.34. The number of hydrogen-bond donors (Lipinski definition) is 2. The van der Waals surface area contributed by atoms with E-state index in [1.807, 2.05) is 38.1 Å². The van der Waals surface area contributed by atoms with E-state index in [1.54, 1.807) is 24.3 Å². The van der Waals surface area contributed by atoms with Gasteiger partial charge in [-0.3, -0.25) is 0 Å². The molecule has 0 aliphatic heterocycles. The molecule has 92 valence electrons. The van der Waals surface area contributed by atoms with Crippen molar-refractivity contribution in [2.24, 2.45) is 0 Å². The molecular weight excluding hydrogens is 232 g/mol. The molecule has 0 radical (unpaired) electrons. The standard InChI is InChI=1S/2C7H8O.H2S/c2*1-6-2-4-7(8)5-3-6;/h2*2-5,8H,1H3;1H2. The highest BCUT2D eigenvalue weighted by molar-refractivity contribution is 7.59. The van der Waals surface area contributed by atoms with E-state index in [4.69, 9.17) is 10.2 Å². The Bertz CT molecular complexity index is 335. The molecule has 0 atom stereocenters. The second-order valence-electron chi connectivity index (χ2n) is 3.67. The first-order valence-electron chi connectivity index (χ1n) is 5.09. The minimum atomic E-state index is 0. The molecule has 0 spiro atoms. The molecule has 2 nitrogen and oxygen atoms in total. The SMILES string of the molecule is Cc1ccc(O)cc1.Cc1ccc(O)cc1.S. The molecule has 2 N–H and O–H groups in total. The van der Waals surface area contributed by atoms with Crippen molar-refractivity contribution in [3.05, 3.63) is 59.7 Å². The van der Waals surface area contributed by atoms with Gasteiger partial charge in [0.05, 0.1) is 0 Å². The highest BCUT2D eigenvalue weighted by atomic mass is 32.1. The molecule has 0 saturated carbocycles. The maximum absolute atomic E-state index is 8.76. The van der Waals surface area contributed by atoms with Crippen LogP contribution in [-0.2, 0) is 0 Å². The largest absolute Gasteiger partial charge is 0.508 e. The lowest BCUT2D eigenvalue weighted by atomic mass is 10.2. The average molecular weight is 250 g/mol. The summed E-state index contributed by atoms with van der Waals surface area (Å²) in [6.07, 6.45) is 0. The fourth-order valence-corrected chi connectivity index (χ4v) is 1.09. The highest BCUT2D eigenvalue weighted by Gasteiger charge is 1.82. The maximum atomic E-state index is 8.76. The summed E-state index contributed by atoms with van der Waals surface area (Å²) in [7, 11) is 0. The third-order valence-corrected chi connectivity index (χ3v) is 2.07. The summed E-state index contributed by atoms with van der Waals surface area (Å²) < 4.78 is 0. The molecule has 0 aromatic heterocycles. The molecule has 0 amide bonds. The minimum absolute atomic E-state index is 0. The van der Waals surface area contributed by atoms with Gasteiger partial charge in [0.2, 0.25) is 0 Å². The second-order valence-corrected chi connectivity index (χ2v) is 3.67. The molecule has 2 aromatic rings. The third kappa shape index (κ3) is 6.53. The Balaban J connectivity index is 0.000000284. The topological polar surface area (TPSA) is 40.5 Å². The van der Waals surface area contributed by atoms with E-state index in [9.17, 15) is 0 Å². The number of rotatable bonds is 0. The van der Waals surface area contributed by atoms with Gasteiger partial charge in [0.1, 0.15) is 11.5 Å². The summed E-state index contributed by atoms with van der Waals surface area (Å²) in [6, 6.07) is 14.2. The van der Waals surface area contributed by atoms with Crippen molar-refractivity contribution < 1.29 is 10.2 Å². The van der Waals surface area contributed by atoms with Crippen LogP contribution in [0.1, 0.15) is 11.1 Å². The van der Waals surface area contributed by atoms with Crippen molar-refractivity contribution in [3.63, 3.8) is 0 Å². The third-order valence-electron chi connectivity index (χ3n) is 2.07. The zero-order valence-electron chi connectivity index (χ0n) is 10.0. The molecule has 2 aromatic carbocycles. The lowest BCUT2D eigenvalue weighted by Gasteiger charge is -1.89. The van der Waals surface area contributed by atoms with Crippen LogP contribution >= 0.6 is 13.5 Å². The Kier molecular flexibility index (Phi) is 6.91. The van der Waals surface area contributed by atoms with Gasteiger partial charge in [0, 0.05) is 0 Å². The molecule has 0 aliphatic carbocycles. The first-order valence-corrected chi connectivity index (χ1v) is 5.09. The summed E-state index contributed by atoms with van der Waals surface area (Å²) >= 11 is 0. The van der Waals surface area contributed by atoms with Crippen LogP contribution in [0.15, 0.2) is 48.5 Å². The highest BCUT2D eigenvalue weighted by Crippen LogP contribution is 2.08. The van der Waals surface area contributed by atoms with E-state index < -0.39 is 0 Å². The van der Waals surface area contributed by atoms with Gasteiger partial charge in [-0.25, -0.2) is 0 Å². The van der Waals surface area contributed by atoms with Crippen molar-refractivity contribution in [1.82, 2.24) is 0 Å². The number of aryl methyl sites for hydroxylation is 2. The van der Waals surface area contributed by atoms with Crippen molar-refractivity contribution >= 4 is 13.5 Å². The Labute approximate surface area is 109 Å². The Morgan fingerprint density at radius 1 is 0.588 bits per heavy atom. The summed E-state index contributed by atoms with van der Waals surface area (Å²) in [4.78, 5) is 0. The van der Waals surface area contributed by atoms with Crippen molar-refractivity contribution in [3.8, 4) is 11.5 Å². The molecule has 0 saturated heterocycles. The van der Waals surface area contributed by atoms with E-state index in [0.717, 1.165) is 0 Å². The van der Waals surface area contributed by atoms with Crippen LogP contribution < -0.4 is 0 Å². The molecule has 0 bridgehead atoms. The van der Waals surface area contributed by atoms with Crippen LogP contribution in [0.25, 0.3) is 0 Å². The van der Waals surface area contributed by atoms with E-state index in [-0.39, 0.29) is 13.5 Å². The lowest BCUT2D eigenvalue weighted by molar-refractivity contribution is 0.474. The number of phenolic OH excluding ortho intramolecular Hbond substituents is 2. The van der Waals surface area contributed by atoms with Gasteiger partial charge in [0.25, 0.3) is 0 Å². The maximum Gasteiger partial charge on any atom is 0.115 e. The fraction of sp³-hybridized carbons (Fsp3) is 0.143. The van der Waals surface area contributed by atoms with Gasteiger partial charge in [-0.05, 0) is 38.1 Å². The van der Waals surface area contributed by atoms with E-state index in [0.29, 0.717) is 11.5 Å². The molecule has 2 rings (SSSR count). The summed E-state index contributed by atoms with van der Waals surface area (Å²) in [6.45, 7) is 3.97. The zero-order chi connectivity index (χ0) is 12.0. The van der Waals surface area contributed by atoms with Gasteiger partial charge < -0.3 is 10.2 Å². The lowest BCUT2D eigenvalue weighted by Crippen LogP contribution is -1.66. The molecule has 17 heavy (non-hydrogen) atoms. The average Bonchev–Trinajstić information content (AvgIpc) is 2.28. The van der Waals surface area contributed by atoms with Crippen LogP contribution in [0.5, 0.6) is 11.5 Å². The Morgan fingerprint density at radius 3 is 1.00 bits per heavy atom. The predicted molar refractivity (Wildman–Crippen MR) is 76.1 cm³/mol. The summed E-state index contributed by atoms with van der Waals surface area (Å²) in [5, 5.41) is 17.5.